The fraction of sp³-hybridized carbons (Fsp3) is 0.538. The quantitative estimate of drug-likeness (QED) is 0.926. The molecule has 1 aromatic rings. The molecule has 1 atom stereocenters. The smallest absolute Gasteiger partial charge is 0.168 e. The van der Waals surface area contributed by atoms with Crippen LogP contribution in [0.5, 0.6) is 5.75 Å². The lowest BCUT2D eigenvalue weighted by Gasteiger charge is -2.23. The van der Waals surface area contributed by atoms with Gasteiger partial charge in [-0.2, -0.15) is 0 Å². The fourth-order valence-corrected chi connectivity index (χ4v) is 3.00. The number of piperidine rings is 1. The minimum absolute atomic E-state index is 0.288. The molecule has 1 fully saturated rings. The summed E-state index contributed by atoms with van der Waals surface area (Å²) in [5, 5.41) is 3.38. The molecule has 0 spiro atoms. The molecule has 1 aliphatic rings. The molecule has 4 heteroatoms. The average molecular weight is 302 g/mol. The molecule has 17 heavy (non-hydrogen) atoms. The lowest BCUT2D eigenvalue weighted by molar-refractivity contribution is 0.371. The molecule has 0 aromatic heterocycles. The molecule has 0 bridgehead atoms. The third-order valence-electron chi connectivity index (χ3n) is 3.19. The van der Waals surface area contributed by atoms with Crippen LogP contribution < -0.4 is 10.1 Å². The second-order valence-electron chi connectivity index (χ2n) is 4.51. The first kappa shape index (κ1) is 12.8. The minimum Gasteiger partial charge on any atom is -0.492 e. The highest BCUT2D eigenvalue weighted by Crippen LogP contribution is 2.30. The van der Waals surface area contributed by atoms with E-state index in [2.05, 4.69) is 21.2 Å². The van der Waals surface area contributed by atoms with Crippen LogP contribution in [-0.2, 0) is 6.42 Å². The average Bonchev–Trinajstić information content (AvgIpc) is 2.30. The normalized spacial score (nSPS) is 20.3. The van der Waals surface area contributed by atoms with Crippen LogP contribution in [0.2, 0.25) is 0 Å². The number of ether oxygens (including phenoxy) is 1. The van der Waals surface area contributed by atoms with Gasteiger partial charge >= 0.3 is 0 Å². The first-order chi connectivity index (χ1) is 8.20. The molecule has 0 radical (unpaired) electrons. The number of benzene rings is 1. The molecule has 0 amide bonds. The molecule has 0 aliphatic carbocycles. The van der Waals surface area contributed by atoms with Crippen molar-refractivity contribution in [2.75, 3.05) is 20.2 Å². The van der Waals surface area contributed by atoms with Crippen molar-refractivity contribution in [1.29, 1.82) is 0 Å². The summed E-state index contributed by atoms with van der Waals surface area (Å²) in [6.07, 6.45) is 3.36. The molecule has 1 aromatic carbocycles. The number of hydrogen-bond acceptors (Lipinski definition) is 2. The Balaban J connectivity index is 2.10. The first-order valence-electron chi connectivity index (χ1n) is 5.93. The summed E-state index contributed by atoms with van der Waals surface area (Å²) in [5.74, 6) is 0.611. The largest absolute Gasteiger partial charge is 0.492 e. The second kappa shape index (κ2) is 5.83. The third-order valence-corrected chi connectivity index (χ3v) is 3.77. The van der Waals surface area contributed by atoms with E-state index < -0.39 is 0 Å². The van der Waals surface area contributed by atoms with E-state index in [1.54, 1.807) is 6.07 Å². The molecular weight excluding hydrogens is 285 g/mol. The van der Waals surface area contributed by atoms with Crippen LogP contribution in [0.4, 0.5) is 4.39 Å². The Morgan fingerprint density at radius 1 is 1.53 bits per heavy atom. The van der Waals surface area contributed by atoms with Crippen LogP contribution in [0.3, 0.4) is 0 Å². The Bertz CT molecular complexity index is 368. The minimum atomic E-state index is -0.291. The van der Waals surface area contributed by atoms with Gasteiger partial charge in [-0.3, -0.25) is 0 Å². The Hall–Kier alpha value is -0.610. The van der Waals surface area contributed by atoms with E-state index in [9.17, 15) is 4.39 Å². The highest BCUT2D eigenvalue weighted by atomic mass is 79.9. The van der Waals surface area contributed by atoms with E-state index in [4.69, 9.17) is 4.74 Å². The lowest BCUT2D eigenvalue weighted by Crippen LogP contribution is -2.30. The maximum absolute atomic E-state index is 13.7. The summed E-state index contributed by atoms with van der Waals surface area (Å²) in [6.45, 7) is 2.14. The number of halogens is 2. The predicted molar refractivity (Wildman–Crippen MR) is 69.9 cm³/mol. The van der Waals surface area contributed by atoms with Crippen molar-refractivity contribution in [3.05, 3.63) is 28.0 Å². The number of nitrogens with one attached hydrogen (secondary N) is 1. The van der Waals surface area contributed by atoms with Gasteiger partial charge in [-0.25, -0.2) is 4.39 Å². The van der Waals surface area contributed by atoms with E-state index in [1.165, 1.54) is 20.0 Å². The monoisotopic (exact) mass is 301 g/mol. The number of rotatable bonds is 3. The highest BCUT2D eigenvalue weighted by molar-refractivity contribution is 9.10. The van der Waals surface area contributed by atoms with Gasteiger partial charge in [-0.15, -0.1) is 0 Å². The van der Waals surface area contributed by atoms with Gasteiger partial charge in [0.1, 0.15) is 0 Å². The maximum Gasteiger partial charge on any atom is 0.168 e. The molecule has 1 heterocycles. The Labute approximate surface area is 110 Å². The SMILES string of the molecule is COc1c(F)cc(CC2CCCNC2)cc1Br. The van der Waals surface area contributed by atoms with Crippen LogP contribution in [0, 0.1) is 11.7 Å². The van der Waals surface area contributed by atoms with E-state index in [1.807, 2.05) is 6.07 Å². The summed E-state index contributed by atoms with van der Waals surface area (Å²) in [7, 11) is 1.48. The summed E-state index contributed by atoms with van der Waals surface area (Å²) in [4.78, 5) is 0. The Morgan fingerprint density at radius 2 is 2.35 bits per heavy atom. The van der Waals surface area contributed by atoms with Crippen molar-refractivity contribution in [1.82, 2.24) is 5.32 Å². The van der Waals surface area contributed by atoms with E-state index in [0.717, 1.165) is 25.1 Å². The van der Waals surface area contributed by atoms with Gasteiger partial charge in [0.25, 0.3) is 0 Å². The molecule has 1 unspecified atom stereocenters. The zero-order chi connectivity index (χ0) is 12.3. The van der Waals surface area contributed by atoms with E-state index >= 15 is 0 Å². The molecule has 2 rings (SSSR count). The van der Waals surface area contributed by atoms with Gasteiger partial charge in [-0.1, -0.05) is 0 Å². The van der Waals surface area contributed by atoms with Gasteiger partial charge < -0.3 is 10.1 Å². The summed E-state index contributed by atoms with van der Waals surface area (Å²) >= 11 is 3.34. The zero-order valence-corrected chi connectivity index (χ0v) is 11.5. The van der Waals surface area contributed by atoms with Crippen molar-refractivity contribution in [2.45, 2.75) is 19.3 Å². The third kappa shape index (κ3) is 3.19. The van der Waals surface area contributed by atoms with Crippen molar-refractivity contribution >= 4 is 15.9 Å². The molecule has 2 nitrogen and oxygen atoms in total. The highest BCUT2D eigenvalue weighted by Gasteiger charge is 2.16. The topological polar surface area (TPSA) is 21.3 Å². The zero-order valence-electron chi connectivity index (χ0n) is 9.93. The van der Waals surface area contributed by atoms with Crippen molar-refractivity contribution in [3.63, 3.8) is 0 Å². The number of hydrogen-bond donors (Lipinski definition) is 1. The predicted octanol–water partition coefficient (Wildman–Crippen LogP) is 3.14. The van der Waals surface area contributed by atoms with Crippen LogP contribution in [0.25, 0.3) is 0 Å². The van der Waals surface area contributed by atoms with E-state index in [-0.39, 0.29) is 11.6 Å². The van der Waals surface area contributed by atoms with Crippen LogP contribution in [-0.4, -0.2) is 20.2 Å². The molecule has 0 saturated carbocycles. The molecular formula is C13H17BrFNO. The first-order valence-corrected chi connectivity index (χ1v) is 6.72. The molecule has 1 N–H and O–H groups in total. The number of methoxy groups -OCH3 is 1. The molecule has 94 valence electrons. The summed E-state index contributed by atoms with van der Waals surface area (Å²) in [5.41, 5.74) is 1.03. The van der Waals surface area contributed by atoms with Crippen molar-refractivity contribution < 1.29 is 9.13 Å². The Kier molecular flexibility index (Phi) is 4.40. The van der Waals surface area contributed by atoms with Crippen molar-refractivity contribution in [3.8, 4) is 5.75 Å². The Morgan fingerprint density at radius 3 is 2.94 bits per heavy atom. The lowest BCUT2D eigenvalue weighted by atomic mass is 9.92. The summed E-state index contributed by atoms with van der Waals surface area (Å²) < 4.78 is 19.4. The van der Waals surface area contributed by atoms with Crippen LogP contribution >= 0.6 is 15.9 Å². The van der Waals surface area contributed by atoms with Gasteiger partial charge in [0, 0.05) is 0 Å². The van der Waals surface area contributed by atoms with E-state index in [0.29, 0.717) is 10.4 Å². The maximum atomic E-state index is 13.7. The molecule has 1 aliphatic heterocycles. The van der Waals surface area contributed by atoms with Crippen LogP contribution in [0.1, 0.15) is 18.4 Å². The van der Waals surface area contributed by atoms with Gasteiger partial charge in [0.05, 0.1) is 11.6 Å². The fourth-order valence-electron chi connectivity index (χ4n) is 2.36. The van der Waals surface area contributed by atoms with Crippen LogP contribution in [0.15, 0.2) is 16.6 Å². The van der Waals surface area contributed by atoms with Crippen molar-refractivity contribution in [2.24, 2.45) is 5.92 Å². The summed E-state index contributed by atoms with van der Waals surface area (Å²) in [6, 6.07) is 3.54. The molecule has 1 saturated heterocycles. The van der Waals surface area contributed by atoms with Gasteiger partial charge in [0.15, 0.2) is 11.6 Å². The standard InChI is InChI=1S/C13H17BrFNO/c1-17-13-11(14)6-10(7-12(13)15)5-9-3-2-4-16-8-9/h6-7,9,16H,2-5,8H2,1H3. The van der Waals surface area contributed by atoms with Gasteiger partial charge in [-0.05, 0) is 71.9 Å². The second-order valence-corrected chi connectivity index (χ2v) is 5.36. The van der Waals surface area contributed by atoms with Gasteiger partial charge in [0.2, 0.25) is 0 Å².